The number of nitrogens with one attached hydrogen (secondary N) is 1. The zero-order chi connectivity index (χ0) is 31.7. The second kappa shape index (κ2) is 15.0. The number of anilines is 1. The number of hydrogen-bond acceptors (Lipinski definition) is 4. The molecule has 4 rings (SSSR count). The van der Waals surface area contributed by atoms with Crippen molar-refractivity contribution in [2.45, 2.75) is 51.1 Å². The second-order valence-corrected chi connectivity index (χ2v) is 13.1. The lowest BCUT2D eigenvalue weighted by Crippen LogP contribution is -2.53. The third-order valence-corrected chi connectivity index (χ3v) is 9.26. The van der Waals surface area contributed by atoms with Crippen LogP contribution in [0.1, 0.15) is 35.6 Å². The molecule has 0 aliphatic rings. The molecule has 0 fully saturated rings. The summed E-state index contributed by atoms with van der Waals surface area (Å²) in [7, 11) is -4.19. The summed E-state index contributed by atoms with van der Waals surface area (Å²) in [5.41, 5.74) is 3.87. The van der Waals surface area contributed by atoms with Crippen molar-refractivity contribution >= 4 is 39.1 Å². The van der Waals surface area contributed by atoms with E-state index in [0.717, 1.165) is 33.0 Å². The molecular formula is C35H38ClN3O4S. The van der Waals surface area contributed by atoms with Gasteiger partial charge in [0.15, 0.2) is 0 Å². The Morgan fingerprint density at radius 1 is 0.818 bits per heavy atom. The van der Waals surface area contributed by atoms with Crippen LogP contribution in [0.4, 0.5) is 5.69 Å². The molecule has 230 valence electrons. The molecule has 9 heteroatoms. The smallest absolute Gasteiger partial charge is 0.264 e. The van der Waals surface area contributed by atoms with Crippen LogP contribution in [0.5, 0.6) is 0 Å². The van der Waals surface area contributed by atoms with Crippen LogP contribution in [0.25, 0.3) is 0 Å². The molecule has 0 heterocycles. The molecule has 0 radical (unpaired) electrons. The highest BCUT2D eigenvalue weighted by molar-refractivity contribution is 7.92. The van der Waals surface area contributed by atoms with Crippen molar-refractivity contribution in [2.24, 2.45) is 0 Å². The maximum Gasteiger partial charge on any atom is 0.264 e. The molecule has 1 N–H and O–H groups in total. The average molecular weight is 632 g/mol. The Morgan fingerprint density at radius 3 is 2.16 bits per heavy atom. The fourth-order valence-electron chi connectivity index (χ4n) is 4.92. The number of benzene rings is 4. The molecule has 0 saturated carbocycles. The van der Waals surface area contributed by atoms with Gasteiger partial charge in [-0.15, -0.1) is 0 Å². The zero-order valence-electron chi connectivity index (χ0n) is 25.2. The van der Waals surface area contributed by atoms with Crippen molar-refractivity contribution in [2.75, 3.05) is 17.4 Å². The normalized spacial score (nSPS) is 11.9. The Morgan fingerprint density at radius 2 is 1.50 bits per heavy atom. The first-order valence-corrected chi connectivity index (χ1v) is 16.4. The summed E-state index contributed by atoms with van der Waals surface area (Å²) in [6.45, 7) is 5.82. The third kappa shape index (κ3) is 8.49. The van der Waals surface area contributed by atoms with E-state index in [9.17, 15) is 18.0 Å². The SMILES string of the molecule is CCCNC(=O)[C@H](Cc1ccccc1)N(Cc1cccc(C)c1)C(=O)CN(c1cccc(Cl)c1)S(=O)(=O)c1ccc(C)cc1. The highest BCUT2D eigenvalue weighted by Gasteiger charge is 2.34. The zero-order valence-corrected chi connectivity index (χ0v) is 26.8. The number of aryl methyl sites for hydroxylation is 2. The topological polar surface area (TPSA) is 86.8 Å². The summed E-state index contributed by atoms with van der Waals surface area (Å²) in [6, 6.07) is 29.2. The van der Waals surface area contributed by atoms with Crippen LogP contribution in [-0.2, 0) is 32.6 Å². The van der Waals surface area contributed by atoms with Gasteiger partial charge in [0.1, 0.15) is 12.6 Å². The maximum atomic E-state index is 14.5. The minimum absolute atomic E-state index is 0.0441. The molecule has 0 aromatic heterocycles. The predicted octanol–water partition coefficient (Wildman–Crippen LogP) is 6.32. The van der Waals surface area contributed by atoms with Gasteiger partial charge in [-0.3, -0.25) is 13.9 Å². The van der Waals surface area contributed by atoms with Crippen LogP contribution in [0.3, 0.4) is 0 Å². The fraction of sp³-hybridized carbons (Fsp3) is 0.257. The summed E-state index contributed by atoms with van der Waals surface area (Å²) in [6.07, 6.45) is 0.989. The largest absolute Gasteiger partial charge is 0.354 e. The molecule has 2 amide bonds. The first-order valence-electron chi connectivity index (χ1n) is 14.6. The van der Waals surface area contributed by atoms with E-state index in [1.807, 2.05) is 75.4 Å². The molecule has 0 saturated heterocycles. The van der Waals surface area contributed by atoms with E-state index in [-0.39, 0.29) is 29.5 Å². The number of amides is 2. The summed E-state index contributed by atoms with van der Waals surface area (Å²) in [5.74, 6) is -0.817. The van der Waals surface area contributed by atoms with Crippen LogP contribution in [-0.4, -0.2) is 44.3 Å². The molecular weight excluding hydrogens is 594 g/mol. The Bertz CT molecular complexity index is 1680. The van der Waals surface area contributed by atoms with E-state index in [1.54, 1.807) is 30.3 Å². The van der Waals surface area contributed by atoms with E-state index in [1.165, 1.54) is 23.1 Å². The molecule has 0 aliphatic heterocycles. The Labute approximate surface area is 265 Å². The van der Waals surface area contributed by atoms with Crippen molar-refractivity contribution in [3.8, 4) is 0 Å². The van der Waals surface area contributed by atoms with E-state index >= 15 is 0 Å². The molecule has 0 spiro atoms. The van der Waals surface area contributed by atoms with E-state index in [4.69, 9.17) is 11.6 Å². The quantitative estimate of drug-likeness (QED) is 0.187. The highest BCUT2D eigenvalue weighted by Crippen LogP contribution is 2.27. The van der Waals surface area contributed by atoms with Gasteiger partial charge in [0.2, 0.25) is 11.8 Å². The number of carbonyl (C=O) groups is 2. The van der Waals surface area contributed by atoms with Crippen molar-refractivity contribution < 1.29 is 18.0 Å². The van der Waals surface area contributed by atoms with Gasteiger partial charge in [-0.25, -0.2) is 8.42 Å². The number of rotatable bonds is 13. The maximum absolute atomic E-state index is 14.5. The molecule has 44 heavy (non-hydrogen) atoms. The minimum Gasteiger partial charge on any atom is -0.354 e. The summed E-state index contributed by atoms with van der Waals surface area (Å²) >= 11 is 6.29. The molecule has 0 unspecified atom stereocenters. The van der Waals surface area contributed by atoms with Gasteiger partial charge in [-0.2, -0.15) is 0 Å². The van der Waals surface area contributed by atoms with Gasteiger partial charge < -0.3 is 10.2 Å². The number of hydrogen-bond donors (Lipinski definition) is 1. The number of halogens is 1. The summed E-state index contributed by atoms with van der Waals surface area (Å²) in [4.78, 5) is 29.7. The van der Waals surface area contributed by atoms with Crippen LogP contribution < -0.4 is 9.62 Å². The highest BCUT2D eigenvalue weighted by atomic mass is 35.5. The van der Waals surface area contributed by atoms with Crippen molar-refractivity contribution in [1.82, 2.24) is 10.2 Å². The lowest BCUT2D eigenvalue weighted by atomic mass is 10.0. The standard InChI is InChI=1S/C35H38ClN3O4S/c1-4-20-37-35(41)33(22-28-11-6-5-7-12-28)38(24-29-13-8-10-27(3)21-29)34(40)25-39(31-15-9-14-30(36)23-31)44(42,43)32-18-16-26(2)17-19-32/h5-19,21,23,33H,4,20,22,24-25H2,1-3H3,(H,37,41)/t33-/m0/s1. The lowest BCUT2D eigenvalue weighted by molar-refractivity contribution is -0.140. The van der Waals surface area contributed by atoms with Crippen molar-refractivity contribution in [3.63, 3.8) is 0 Å². The minimum atomic E-state index is -4.19. The van der Waals surface area contributed by atoms with Crippen LogP contribution in [0, 0.1) is 13.8 Å². The second-order valence-electron chi connectivity index (χ2n) is 10.8. The molecule has 1 atom stereocenters. The van der Waals surface area contributed by atoms with Crippen LogP contribution in [0.2, 0.25) is 5.02 Å². The van der Waals surface area contributed by atoms with Crippen LogP contribution >= 0.6 is 11.6 Å². The van der Waals surface area contributed by atoms with E-state index in [0.29, 0.717) is 11.6 Å². The lowest BCUT2D eigenvalue weighted by Gasteiger charge is -2.34. The molecule has 4 aromatic carbocycles. The predicted molar refractivity (Wildman–Crippen MR) is 176 cm³/mol. The number of sulfonamides is 1. The van der Waals surface area contributed by atoms with Crippen molar-refractivity contribution in [1.29, 1.82) is 0 Å². The Kier molecular flexibility index (Phi) is 11.2. The van der Waals surface area contributed by atoms with Gasteiger partial charge in [0.25, 0.3) is 10.0 Å². The molecule has 0 bridgehead atoms. The van der Waals surface area contributed by atoms with Crippen LogP contribution in [0.15, 0.2) is 108 Å². The third-order valence-electron chi connectivity index (χ3n) is 7.24. The summed E-state index contributed by atoms with van der Waals surface area (Å²) in [5, 5.41) is 3.29. The Hall–Kier alpha value is -4.14. The fourth-order valence-corrected chi connectivity index (χ4v) is 6.52. The Balaban J connectivity index is 1.80. The van der Waals surface area contributed by atoms with E-state index in [2.05, 4.69) is 5.32 Å². The number of carbonyl (C=O) groups excluding carboxylic acids is 2. The van der Waals surface area contributed by atoms with Gasteiger partial charge in [0, 0.05) is 24.5 Å². The van der Waals surface area contributed by atoms with Gasteiger partial charge >= 0.3 is 0 Å². The van der Waals surface area contributed by atoms with Gasteiger partial charge in [0.05, 0.1) is 10.6 Å². The van der Waals surface area contributed by atoms with Gasteiger partial charge in [-0.05, 0) is 61.7 Å². The first-order chi connectivity index (χ1) is 21.1. The monoisotopic (exact) mass is 631 g/mol. The van der Waals surface area contributed by atoms with Gasteiger partial charge in [-0.1, -0.05) is 102 Å². The van der Waals surface area contributed by atoms with Crippen molar-refractivity contribution in [3.05, 3.63) is 130 Å². The number of nitrogens with zero attached hydrogens (tertiary/aromatic N) is 2. The molecule has 4 aromatic rings. The first kappa shape index (κ1) is 32.8. The average Bonchev–Trinajstić information content (AvgIpc) is 3.01. The molecule has 7 nitrogen and oxygen atoms in total. The molecule has 0 aliphatic carbocycles. The summed E-state index contributed by atoms with van der Waals surface area (Å²) < 4.78 is 29.2. The van der Waals surface area contributed by atoms with E-state index < -0.39 is 28.5 Å².